The summed E-state index contributed by atoms with van der Waals surface area (Å²) in [4.78, 5) is 5.08. The van der Waals surface area contributed by atoms with Crippen LogP contribution in [0, 0.1) is 0 Å². The molecule has 0 aliphatic heterocycles. The van der Waals surface area contributed by atoms with Crippen molar-refractivity contribution in [2.75, 3.05) is 6.61 Å². The van der Waals surface area contributed by atoms with E-state index in [1.54, 1.807) is 36.7 Å². The number of phenols is 1. The van der Waals surface area contributed by atoms with Gasteiger partial charge in [0, 0.05) is 5.56 Å². The fraction of sp³-hybridized carbons (Fsp3) is 0.214. The van der Waals surface area contributed by atoms with Gasteiger partial charge in [0.15, 0.2) is 18.1 Å². The normalized spacial score (nSPS) is 10.8. The van der Waals surface area contributed by atoms with Gasteiger partial charge in [0.1, 0.15) is 5.76 Å². The summed E-state index contributed by atoms with van der Waals surface area (Å²) in [7, 11) is 0. The van der Waals surface area contributed by atoms with Gasteiger partial charge >= 0.3 is 0 Å². The molecule has 5 heteroatoms. The lowest BCUT2D eigenvalue weighted by atomic mass is 10.2. The van der Waals surface area contributed by atoms with Crippen molar-refractivity contribution in [2.24, 2.45) is 5.16 Å². The molecule has 0 fully saturated rings. The summed E-state index contributed by atoms with van der Waals surface area (Å²) in [6.07, 6.45) is 3.13. The highest BCUT2D eigenvalue weighted by Gasteiger charge is 2.02. The lowest BCUT2D eigenvalue weighted by Gasteiger charge is -2.05. The molecule has 0 saturated heterocycles. The first-order chi connectivity index (χ1) is 9.29. The minimum Gasteiger partial charge on any atom is -0.504 e. The summed E-state index contributed by atoms with van der Waals surface area (Å²) >= 11 is 0. The van der Waals surface area contributed by atoms with E-state index in [4.69, 9.17) is 14.0 Å². The van der Waals surface area contributed by atoms with Gasteiger partial charge in [-0.3, -0.25) is 0 Å². The van der Waals surface area contributed by atoms with Crippen LogP contribution in [0.4, 0.5) is 0 Å². The van der Waals surface area contributed by atoms with Crippen LogP contribution in [0.3, 0.4) is 0 Å². The van der Waals surface area contributed by atoms with Crippen molar-refractivity contribution in [1.29, 1.82) is 0 Å². The minimum absolute atomic E-state index is 0.107. The van der Waals surface area contributed by atoms with Crippen molar-refractivity contribution < 1.29 is 19.1 Å². The van der Waals surface area contributed by atoms with Crippen molar-refractivity contribution in [3.05, 3.63) is 47.9 Å². The number of furan rings is 1. The Kier molecular flexibility index (Phi) is 4.44. The maximum absolute atomic E-state index is 9.55. The average molecular weight is 261 g/mol. The number of nitrogens with zero attached hydrogens (tertiary/aromatic N) is 1. The molecule has 5 nitrogen and oxygen atoms in total. The first kappa shape index (κ1) is 13.0. The fourth-order valence-electron chi connectivity index (χ4n) is 1.48. The molecule has 0 aliphatic rings. The Labute approximate surface area is 111 Å². The molecule has 0 atom stereocenters. The Bertz CT molecular complexity index is 534. The molecule has 1 aromatic carbocycles. The third-order valence-corrected chi connectivity index (χ3v) is 2.35. The molecule has 0 aliphatic carbocycles. The number of oxime groups is 1. The van der Waals surface area contributed by atoms with Gasteiger partial charge in [-0.15, -0.1) is 0 Å². The second-order valence-electron chi connectivity index (χ2n) is 3.75. The van der Waals surface area contributed by atoms with Crippen molar-refractivity contribution in [1.82, 2.24) is 0 Å². The molecule has 2 aromatic rings. The van der Waals surface area contributed by atoms with Crippen molar-refractivity contribution >= 4 is 6.21 Å². The number of hydrogen-bond donors (Lipinski definition) is 1. The van der Waals surface area contributed by atoms with Crippen LogP contribution in [0.1, 0.15) is 18.2 Å². The Morgan fingerprint density at radius 1 is 1.37 bits per heavy atom. The SMILES string of the molecule is CCOc1cc(/C=N\OCc2ccco2)ccc1O. The van der Waals surface area contributed by atoms with Crippen LogP contribution in [0.5, 0.6) is 11.5 Å². The molecule has 0 spiro atoms. The second kappa shape index (κ2) is 6.49. The van der Waals surface area contributed by atoms with Gasteiger partial charge in [0.2, 0.25) is 0 Å². The van der Waals surface area contributed by atoms with Gasteiger partial charge in [-0.05, 0) is 37.3 Å². The molecule has 0 radical (unpaired) electrons. The molecule has 0 bridgehead atoms. The van der Waals surface area contributed by atoms with E-state index in [0.29, 0.717) is 18.1 Å². The van der Waals surface area contributed by atoms with Crippen molar-refractivity contribution in [2.45, 2.75) is 13.5 Å². The van der Waals surface area contributed by atoms with Crippen LogP contribution in [-0.4, -0.2) is 17.9 Å². The van der Waals surface area contributed by atoms with Gasteiger partial charge < -0.3 is 19.1 Å². The summed E-state index contributed by atoms with van der Waals surface area (Å²) in [6.45, 7) is 2.62. The largest absolute Gasteiger partial charge is 0.504 e. The van der Waals surface area contributed by atoms with Crippen LogP contribution in [0.25, 0.3) is 0 Å². The van der Waals surface area contributed by atoms with E-state index in [0.717, 1.165) is 5.56 Å². The fourth-order valence-corrected chi connectivity index (χ4v) is 1.48. The van der Waals surface area contributed by atoms with E-state index in [1.165, 1.54) is 0 Å². The smallest absolute Gasteiger partial charge is 0.174 e. The van der Waals surface area contributed by atoms with Crippen molar-refractivity contribution in [3.8, 4) is 11.5 Å². The highest BCUT2D eigenvalue weighted by Crippen LogP contribution is 2.26. The van der Waals surface area contributed by atoms with Crippen molar-refractivity contribution in [3.63, 3.8) is 0 Å². The highest BCUT2D eigenvalue weighted by molar-refractivity contribution is 5.80. The van der Waals surface area contributed by atoms with Gasteiger partial charge in [0.25, 0.3) is 0 Å². The molecule has 100 valence electrons. The maximum Gasteiger partial charge on any atom is 0.174 e. The summed E-state index contributed by atoms with van der Waals surface area (Å²) in [6, 6.07) is 8.56. The van der Waals surface area contributed by atoms with Crippen LogP contribution >= 0.6 is 0 Å². The second-order valence-corrected chi connectivity index (χ2v) is 3.75. The van der Waals surface area contributed by atoms with Gasteiger partial charge in [-0.2, -0.15) is 0 Å². The van der Waals surface area contributed by atoms with E-state index in [1.807, 2.05) is 13.0 Å². The molecular formula is C14H15NO4. The maximum atomic E-state index is 9.55. The van der Waals surface area contributed by atoms with E-state index in [2.05, 4.69) is 5.16 Å². The Morgan fingerprint density at radius 3 is 3.00 bits per heavy atom. The summed E-state index contributed by atoms with van der Waals surface area (Å²) in [5.74, 6) is 1.24. The zero-order valence-electron chi connectivity index (χ0n) is 10.6. The Morgan fingerprint density at radius 2 is 2.26 bits per heavy atom. The Balaban J connectivity index is 1.92. The number of ether oxygens (including phenoxy) is 1. The molecule has 0 saturated carbocycles. The quantitative estimate of drug-likeness (QED) is 0.641. The third kappa shape index (κ3) is 3.77. The van der Waals surface area contributed by atoms with E-state index in [-0.39, 0.29) is 12.4 Å². The van der Waals surface area contributed by atoms with Crippen LogP contribution in [0.15, 0.2) is 46.2 Å². The molecule has 0 amide bonds. The van der Waals surface area contributed by atoms with E-state index in [9.17, 15) is 5.11 Å². The predicted octanol–water partition coefficient (Wildman–Crippen LogP) is 2.93. The number of benzene rings is 1. The van der Waals surface area contributed by atoms with Gasteiger partial charge in [-0.1, -0.05) is 5.16 Å². The molecule has 1 aromatic heterocycles. The molecule has 19 heavy (non-hydrogen) atoms. The average Bonchev–Trinajstić information content (AvgIpc) is 2.92. The van der Waals surface area contributed by atoms with Gasteiger partial charge in [-0.25, -0.2) is 0 Å². The predicted molar refractivity (Wildman–Crippen MR) is 70.4 cm³/mol. The zero-order valence-corrected chi connectivity index (χ0v) is 10.6. The topological polar surface area (TPSA) is 64.2 Å². The number of aromatic hydroxyl groups is 1. The lowest BCUT2D eigenvalue weighted by Crippen LogP contribution is -1.93. The van der Waals surface area contributed by atoms with Gasteiger partial charge in [0.05, 0.1) is 19.1 Å². The third-order valence-electron chi connectivity index (χ3n) is 2.35. The Hall–Kier alpha value is -2.43. The first-order valence-corrected chi connectivity index (χ1v) is 5.93. The standard InChI is InChI=1S/C14H15NO4/c1-2-17-14-8-11(5-6-13(14)16)9-15-19-10-12-4-3-7-18-12/h3-9,16H,2,10H2,1H3/b15-9-. The number of hydrogen-bond acceptors (Lipinski definition) is 5. The monoisotopic (exact) mass is 261 g/mol. The summed E-state index contributed by atoms with van der Waals surface area (Å²) in [5, 5.41) is 13.4. The van der Waals surface area contributed by atoms with E-state index < -0.39 is 0 Å². The molecular weight excluding hydrogens is 246 g/mol. The minimum atomic E-state index is 0.107. The lowest BCUT2D eigenvalue weighted by molar-refractivity contribution is 0.116. The number of rotatable bonds is 6. The highest BCUT2D eigenvalue weighted by atomic mass is 16.6. The summed E-state index contributed by atoms with van der Waals surface area (Å²) in [5.41, 5.74) is 0.778. The summed E-state index contributed by atoms with van der Waals surface area (Å²) < 4.78 is 10.4. The van der Waals surface area contributed by atoms with Crippen LogP contribution in [0.2, 0.25) is 0 Å². The van der Waals surface area contributed by atoms with Crippen LogP contribution in [-0.2, 0) is 11.4 Å². The first-order valence-electron chi connectivity index (χ1n) is 5.93. The molecule has 1 N–H and O–H groups in total. The molecule has 0 unspecified atom stereocenters. The zero-order chi connectivity index (χ0) is 13.5. The molecule has 2 rings (SSSR count). The molecule has 1 heterocycles. The van der Waals surface area contributed by atoms with E-state index >= 15 is 0 Å². The van der Waals surface area contributed by atoms with Crippen LogP contribution < -0.4 is 4.74 Å². The number of phenolic OH excluding ortho intramolecular Hbond substituents is 1.